The maximum absolute atomic E-state index is 6.51. The Balaban J connectivity index is 1.35. The number of nitrogens with one attached hydrogen (secondary N) is 1. The van der Waals surface area contributed by atoms with Crippen LogP contribution in [0.4, 0.5) is 11.5 Å². The van der Waals surface area contributed by atoms with Crippen LogP contribution in [0.3, 0.4) is 0 Å². The highest BCUT2D eigenvalue weighted by molar-refractivity contribution is 6.33. The molecular weight excluding hydrogens is 467 g/mol. The van der Waals surface area contributed by atoms with Gasteiger partial charge in [-0.3, -0.25) is 0 Å². The second-order valence-corrected chi connectivity index (χ2v) is 10.0. The van der Waals surface area contributed by atoms with Crippen LogP contribution in [0, 0.1) is 0 Å². The second kappa shape index (κ2) is 9.98. The number of nitrogens with zero attached hydrogens (tertiary/aromatic N) is 5. The molecule has 0 bridgehead atoms. The van der Waals surface area contributed by atoms with Crippen molar-refractivity contribution in [2.75, 3.05) is 50.0 Å². The molecule has 3 heterocycles. The third-order valence-corrected chi connectivity index (χ3v) is 7.48. The number of aromatic nitrogens is 3. The molecule has 0 radical (unpaired) electrons. The quantitative estimate of drug-likeness (QED) is 0.497. The lowest BCUT2D eigenvalue weighted by atomic mass is 10.0. The molecule has 0 spiro atoms. The van der Waals surface area contributed by atoms with Gasteiger partial charge >= 0.3 is 0 Å². The van der Waals surface area contributed by atoms with E-state index in [1.165, 1.54) is 11.3 Å². The number of likely N-dealkylation sites (N-methyl/N-ethyl adjacent to an activating group) is 1. The van der Waals surface area contributed by atoms with Gasteiger partial charge in [-0.2, -0.15) is 0 Å². The van der Waals surface area contributed by atoms with Crippen molar-refractivity contribution in [1.82, 2.24) is 19.4 Å². The summed E-state index contributed by atoms with van der Waals surface area (Å²) in [5.74, 6) is 1.59. The first-order chi connectivity index (χ1) is 16.5. The maximum Gasteiger partial charge on any atom is 0.154 e. The number of hydrogen-bond acceptors (Lipinski definition) is 5. The molecule has 5 rings (SSSR count). The molecule has 2 aliphatic rings. The summed E-state index contributed by atoms with van der Waals surface area (Å²) in [6.45, 7) is 4.89. The van der Waals surface area contributed by atoms with Crippen LogP contribution in [0.1, 0.15) is 17.8 Å². The zero-order valence-electron chi connectivity index (χ0n) is 19.6. The van der Waals surface area contributed by atoms with Gasteiger partial charge in [-0.1, -0.05) is 29.8 Å². The molecule has 1 aliphatic carbocycles. The van der Waals surface area contributed by atoms with Crippen molar-refractivity contribution in [3.8, 4) is 0 Å². The number of hydrogen-bond donors (Lipinski definition) is 1. The van der Waals surface area contributed by atoms with Crippen LogP contribution in [0.15, 0.2) is 59.3 Å². The minimum Gasteiger partial charge on any atom is -0.369 e. The summed E-state index contributed by atoms with van der Waals surface area (Å²) in [7, 11) is 4.19. The van der Waals surface area contributed by atoms with Gasteiger partial charge in [-0.05, 0) is 48.9 Å². The van der Waals surface area contributed by atoms with Gasteiger partial charge in [-0.15, -0.1) is 11.6 Å². The van der Waals surface area contributed by atoms with E-state index in [0.29, 0.717) is 18.0 Å². The molecule has 6 nitrogen and oxygen atoms in total. The first-order valence-corrected chi connectivity index (χ1v) is 12.6. The molecular formula is C26H30Cl2N6. The van der Waals surface area contributed by atoms with Gasteiger partial charge in [0.1, 0.15) is 11.3 Å². The van der Waals surface area contributed by atoms with E-state index in [4.69, 9.17) is 33.2 Å². The van der Waals surface area contributed by atoms with Crippen LogP contribution < -0.4 is 10.2 Å². The van der Waals surface area contributed by atoms with Crippen molar-refractivity contribution < 1.29 is 0 Å². The smallest absolute Gasteiger partial charge is 0.154 e. The van der Waals surface area contributed by atoms with E-state index in [1.807, 2.05) is 36.0 Å². The fourth-order valence-corrected chi connectivity index (χ4v) is 5.22. The number of benzene rings is 1. The third kappa shape index (κ3) is 4.95. The normalized spacial score (nSPS) is 19.3. The lowest BCUT2D eigenvalue weighted by Crippen LogP contribution is -2.44. The largest absolute Gasteiger partial charge is 0.369 e. The number of fused-ring (bicyclic) bond motifs is 1. The standard InChI is InChI=1S/C26H30Cl2N6/c1-32-12-14-34(15-13-32)19-8-6-18(7-9-19)16-24-30-23-10-11-33(2)25(23)26(31-24)29-17-20-21(27)4-3-5-22(20)28/h3-4,6-11,22H,5,12-17H2,1-2H3,(H,29,30,31). The van der Waals surface area contributed by atoms with Crippen LogP contribution in [-0.4, -0.2) is 64.6 Å². The van der Waals surface area contributed by atoms with Crippen molar-refractivity contribution in [3.63, 3.8) is 0 Å². The molecule has 178 valence electrons. The van der Waals surface area contributed by atoms with E-state index in [-0.39, 0.29) is 5.38 Å². The van der Waals surface area contributed by atoms with Crippen molar-refractivity contribution >= 4 is 45.7 Å². The molecule has 1 saturated heterocycles. The number of rotatable bonds is 6. The fraction of sp³-hybridized carbons (Fsp3) is 0.385. The summed E-state index contributed by atoms with van der Waals surface area (Å²) >= 11 is 12.9. The van der Waals surface area contributed by atoms with E-state index >= 15 is 0 Å². The van der Waals surface area contributed by atoms with Crippen LogP contribution in [0.2, 0.25) is 0 Å². The average Bonchev–Trinajstić information content (AvgIpc) is 3.20. The van der Waals surface area contributed by atoms with Crippen LogP contribution in [0.25, 0.3) is 11.0 Å². The Morgan fingerprint density at radius 3 is 2.53 bits per heavy atom. The number of halogens is 2. The SMILES string of the molecule is CN1CCN(c2ccc(Cc3nc(NCC4=C(Cl)C=CCC4Cl)c4c(ccn4C)n3)cc2)CC1. The van der Waals surface area contributed by atoms with Gasteiger partial charge in [-0.25, -0.2) is 9.97 Å². The minimum absolute atomic E-state index is 0.103. The van der Waals surface area contributed by atoms with Gasteiger partial charge in [0.2, 0.25) is 0 Å². The van der Waals surface area contributed by atoms with E-state index in [0.717, 1.165) is 60.8 Å². The average molecular weight is 497 g/mol. The molecule has 34 heavy (non-hydrogen) atoms. The van der Waals surface area contributed by atoms with Gasteiger partial charge in [0, 0.05) is 63.1 Å². The predicted molar refractivity (Wildman–Crippen MR) is 142 cm³/mol. The summed E-state index contributed by atoms with van der Waals surface area (Å²) < 4.78 is 2.04. The Kier molecular flexibility index (Phi) is 6.82. The van der Waals surface area contributed by atoms with Gasteiger partial charge in [0.05, 0.1) is 10.9 Å². The van der Waals surface area contributed by atoms with E-state index in [2.05, 4.69) is 46.4 Å². The molecule has 1 fully saturated rings. The highest BCUT2D eigenvalue weighted by Crippen LogP contribution is 2.28. The topological polar surface area (TPSA) is 49.2 Å². The van der Waals surface area contributed by atoms with Crippen molar-refractivity contribution in [2.45, 2.75) is 18.2 Å². The van der Waals surface area contributed by atoms with Gasteiger partial charge in [0.15, 0.2) is 5.82 Å². The Bertz CT molecular complexity index is 1220. The maximum atomic E-state index is 6.51. The Hall–Kier alpha value is -2.54. The van der Waals surface area contributed by atoms with Crippen molar-refractivity contribution in [3.05, 3.63) is 70.7 Å². The van der Waals surface area contributed by atoms with Crippen LogP contribution in [-0.2, 0) is 13.5 Å². The van der Waals surface area contributed by atoms with Gasteiger partial charge < -0.3 is 19.7 Å². The number of piperazine rings is 1. The van der Waals surface area contributed by atoms with E-state index < -0.39 is 0 Å². The molecule has 1 N–H and O–H groups in total. The van der Waals surface area contributed by atoms with E-state index in [1.54, 1.807) is 0 Å². The Morgan fingerprint density at radius 1 is 1.03 bits per heavy atom. The molecule has 1 aliphatic heterocycles. The van der Waals surface area contributed by atoms with Gasteiger partial charge in [0.25, 0.3) is 0 Å². The monoisotopic (exact) mass is 496 g/mol. The number of allylic oxidation sites excluding steroid dienone is 3. The Labute approximate surface area is 210 Å². The highest BCUT2D eigenvalue weighted by Gasteiger charge is 2.19. The third-order valence-electron chi connectivity index (χ3n) is 6.67. The first-order valence-electron chi connectivity index (χ1n) is 11.8. The number of alkyl halides is 1. The van der Waals surface area contributed by atoms with Crippen molar-refractivity contribution in [2.24, 2.45) is 7.05 Å². The summed E-state index contributed by atoms with van der Waals surface area (Å²) in [5.41, 5.74) is 5.37. The number of anilines is 2. The molecule has 8 heteroatoms. The Morgan fingerprint density at radius 2 is 1.79 bits per heavy atom. The summed E-state index contributed by atoms with van der Waals surface area (Å²) in [5, 5.41) is 4.09. The molecule has 0 saturated carbocycles. The fourth-order valence-electron chi connectivity index (χ4n) is 4.58. The molecule has 2 aromatic heterocycles. The molecule has 1 unspecified atom stereocenters. The first kappa shape index (κ1) is 23.2. The molecule has 1 aromatic carbocycles. The zero-order valence-corrected chi connectivity index (χ0v) is 21.1. The second-order valence-electron chi connectivity index (χ2n) is 9.11. The molecule has 0 amide bonds. The zero-order chi connectivity index (χ0) is 23.7. The van der Waals surface area contributed by atoms with E-state index in [9.17, 15) is 0 Å². The lowest BCUT2D eigenvalue weighted by molar-refractivity contribution is 0.313. The lowest BCUT2D eigenvalue weighted by Gasteiger charge is -2.34. The van der Waals surface area contributed by atoms with Crippen LogP contribution in [0.5, 0.6) is 0 Å². The van der Waals surface area contributed by atoms with Crippen molar-refractivity contribution in [1.29, 1.82) is 0 Å². The minimum atomic E-state index is -0.103. The predicted octanol–water partition coefficient (Wildman–Crippen LogP) is 4.78. The molecule has 3 aromatic rings. The summed E-state index contributed by atoms with van der Waals surface area (Å²) in [4.78, 5) is 14.6. The highest BCUT2D eigenvalue weighted by atomic mass is 35.5. The van der Waals surface area contributed by atoms with Crippen LogP contribution >= 0.6 is 23.2 Å². The summed E-state index contributed by atoms with van der Waals surface area (Å²) in [6, 6.07) is 10.8. The molecule has 1 atom stereocenters. The summed E-state index contributed by atoms with van der Waals surface area (Å²) in [6.07, 6.45) is 7.41. The number of aryl methyl sites for hydroxylation is 1.